The molecule has 0 unspecified atom stereocenters. The quantitative estimate of drug-likeness (QED) is 0.572. The second-order valence-corrected chi connectivity index (χ2v) is 10.2. The number of unbranched alkanes of at least 4 members (excludes halogenated alkanes) is 2. The summed E-state index contributed by atoms with van der Waals surface area (Å²) in [5.74, 6) is 0. The molecule has 140 valence electrons. The van der Waals surface area contributed by atoms with E-state index in [0.717, 1.165) is 14.2 Å². The zero-order valence-electron chi connectivity index (χ0n) is 17.1. The summed E-state index contributed by atoms with van der Waals surface area (Å²) in [5.41, 5.74) is 6.66. The van der Waals surface area contributed by atoms with Gasteiger partial charge in [0.1, 0.15) is 0 Å². The summed E-state index contributed by atoms with van der Waals surface area (Å²) in [6.45, 7) is 9.30. The molecule has 0 N–H and O–H groups in total. The number of hydrogen-bond donors (Lipinski definition) is 0. The Morgan fingerprint density at radius 1 is 0.760 bits per heavy atom. The molecule has 0 heterocycles. The Morgan fingerprint density at radius 2 is 1.12 bits per heavy atom. The monoisotopic (exact) mass is 422 g/mol. The van der Waals surface area contributed by atoms with Gasteiger partial charge in [-0.25, -0.2) is 0 Å². The third-order valence-electron chi connectivity index (χ3n) is 4.61. The van der Waals surface area contributed by atoms with Gasteiger partial charge >= 0.3 is 143 Å². The van der Waals surface area contributed by atoms with Gasteiger partial charge in [0.15, 0.2) is 0 Å². The fourth-order valence-electron chi connectivity index (χ4n) is 3.22. The average Bonchev–Trinajstić information content (AvgIpc) is 3.17. The molecule has 0 saturated carbocycles. The Morgan fingerprint density at radius 3 is 1.44 bits per heavy atom. The van der Waals surface area contributed by atoms with E-state index in [-0.39, 0.29) is 0 Å². The summed E-state index contributed by atoms with van der Waals surface area (Å²) in [6.07, 6.45) is 15.7. The standard InChI is InChI=1S/2C10H15.2CH3O.Zr/c2*1-3-4-5-10-7-6-9(2)8-10;2*1-2;/h2*8H,3-5,7H2,1-2H3;2*1H3;/q;;2*-1;+2. The van der Waals surface area contributed by atoms with Crippen molar-refractivity contribution in [1.29, 1.82) is 0 Å². The molecule has 0 aromatic heterocycles. The third-order valence-corrected chi connectivity index (χ3v) is 8.90. The van der Waals surface area contributed by atoms with Gasteiger partial charge in [-0.05, 0) is 0 Å². The van der Waals surface area contributed by atoms with Crippen molar-refractivity contribution in [1.82, 2.24) is 0 Å². The number of allylic oxidation sites excluding steroid dienone is 8. The smallest absolute Gasteiger partial charge is 0.153 e. The number of hydrogen-bond acceptors (Lipinski definition) is 2. The first-order valence-corrected chi connectivity index (χ1v) is 12.0. The molecular weight excluding hydrogens is 387 g/mol. The van der Waals surface area contributed by atoms with Crippen LogP contribution in [-0.4, -0.2) is 14.2 Å². The zero-order chi connectivity index (χ0) is 19.2. The van der Waals surface area contributed by atoms with E-state index < -0.39 is 23.2 Å². The molecule has 2 nitrogen and oxygen atoms in total. The van der Waals surface area contributed by atoms with Crippen LogP contribution in [0, 0.1) is 0 Å². The molecule has 0 saturated heterocycles. The molecule has 0 amide bonds. The van der Waals surface area contributed by atoms with E-state index in [1.165, 1.54) is 51.4 Å². The Kier molecular flexibility index (Phi) is 14.7. The van der Waals surface area contributed by atoms with Gasteiger partial charge in [-0.1, -0.05) is 0 Å². The molecule has 0 radical (unpaired) electrons. The van der Waals surface area contributed by atoms with Crippen LogP contribution in [0.2, 0.25) is 0 Å². The zero-order valence-corrected chi connectivity index (χ0v) is 19.6. The van der Waals surface area contributed by atoms with Crippen LogP contribution in [0.3, 0.4) is 0 Å². The Hall–Kier alpha value is -0.237. The van der Waals surface area contributed by atoms with Crippen LogP contribution in [0.1, 0.15) is 79.1 Å². The Labute approximate surface area is 167 Å². The van der Waals surface area contributed by atoms with Gasteiger partial charge in [0, 0.05) is 0 Å². The summed E-state index contributed by atoms with van der Waals surface area (Å²) in [4.78, 5) is 0. The van der Waals surface area contributed by atoms with Gasteiger partial charge in [0.25, 0.3) is 0 Å². The number of rotatable bonds is 8. The molecule has 3 heteroatoms. The van der Waals surface area contributed by atoms with Crippen LogP contribution >= 0.6 is 0 Å². The van der Waals surface area contributed by atoms with Crippen molar-refractivity contribution in [2.75, 3.05) is 14.2 Å². The maximum absolute atomic E-state index is 8.25. The molecule has 0 fully saturated rings. The second kappa shape index (κ2) is 14.9. The molecule has 0 aromatic carbocycles. The summed E-state index contributed by atoms with van der Waals surface area (Å²) in [5, 5.41) is 16.5. The van der Waals surface area contributed by atoms with E-state index in [1.54, 1.807) is 22.3 Å². The van der Waals surface area contributed by atoms with E-state index >= 15 is 0 Å². The predicted molar refractivity (Wildman–Crippen MR) is 102 cm³/mol. The van der Waals surface area contributed by atoms with Crippen LogP contribution in [-0.2, 0) is 23.2 Å². The Balaban J connectivity index is 0.00000134. The third kappa shape index (κ3) is 8.80. The largest absolute Gasteiger partial charge is 0.857 e. The van der Waals surface area contributed by atoms with E-state index in [1.807, 2.05) is 6.56 Å². The SMILES string of the molecule is CCCCC1=CC(C)=[C]([Zr+2][C]2=C(C)C=C(CCCC)C2)C1.C[O-].C[O-]. The maximum atomic E-state index is 8.25. The molecule has 0 spiro atoms. The molecule has 25 heavy (non-hydrogen) atoms. The minimum atomic E-state index is -0.500. The molecule has 2 rings (SSSR count). The summed E-state index contributed by atoms with van der Waals surface area (Å²) in [6, 6.07) is 0. The molecule has 0 atom stereocenters. The van der Waals surface area contributed by atoms with Crippen LogP contribution < -0.4 is 10.2 Å². The van der Waals surface area contributed by atoms with E-state index in [0.29, 0.717) is 0 Å². The fraction of sp³-hybridized carbons (Fsp3) is 0.636. The summed E-state index contributed by atoms with van der Waals surface area (Å²) < 4.78 is 3.70. The molecule has 0 bridgehead atoms. The van der Waals surface area contributed by atoms with E-state index in [9.17, 15) is 0 Å². The molecule has 0 aromatic rings. The van der Waals surface area contributed by atoms with E-state index in [2.05, 4.69) is 39.8 Å². The molecular formula is C22H36O2Zr. The van der Waals surface area contributed by atoms with Crippen LogP contribution in [0.4, 0.5) is 0 Å². The van der Waals surface area contributed by atoms with Crippen molar-refractivity contribution in [2.24, 2.45) is 0 Å². The van der Waals surface area contributed by atoms with Gasteiger partial charge in [-0.15, -0.1) is 0 Å². The predicted octanol–water partition coefficient (Wildman–Crippen LogP) is 4.61. The fourth-order valence-corrected chi connectivity index (χ4v) is 6.99. The first kappa shape index (κ1) is 24.8. The van der Waals surface area contributed by atoms with Gasteiger partial charge in [0.05, 0.1) is 0 Å². The first-order valence-electron chi connectivity index (χ1n) is 9.51. The molecule has 0 aliphatic heterocycles. The topological polar surface area (TPSA) is 46.1 Å². The minimum Gasteiger partial charge on any atom is -0.857 e. The van der Waals surface area contributed by atoms with Crippen molar-refractivity contribution in [2.45, 2.75) is 79.1 Å². The molecule has 2 aliphatic carbocycles. The van der Waals surface area contributed by atoms with Gasteiger partial charge < -0.3 is 10.2 Å². The Bertz CT molecular complexity index is 464. The van der Waals surface area contributed by atoms with Crippen molar-refractivity contribution < 1.29 is 33.4 Å². The summed E-state index contributed by atoms with van der Waals surface area (Å²) >= 11 is -0.500. The van der Waals surface area contributed by atoms with Crippen LogP contribution in [0.25, 0.3) is 0 Å². The van der Waals surface area contributed by atoms with Crippen molar-refractivity contribution in [3.63, 3.8) is 0 Å². The van der Waals surface area contributed by atoms with Crippen LogP contribution in [0.15, 0.2) is 41.0 Å². The van der Waals surface area contributed by atoms with Gasteiger partial charge in [-0.3, -0.25) is 0 Å². The van der Waals surface area contributed by atoms with Crippen LogP contribution in [0.5, 0.6) is 0 Å². The summed E-state index contributed by atoms with van der Waals surface area (Å²) in [7, 11) is 1.50. The minimum absolute atomic E-state index is 0.500. The molecule has 2 aliphatic rings. The van der Waals surface area contributed by atoms with Crippen molar-refractivity contribution >= 4 is 0 Å². The first-order chi connectivity index (χ1) is 12.1. The van der Waals surface area contributed by atoms with Gasteiger partial charge in [0.2, 0.25) is 0 Å². The average molecular weight is 424 g/mol. The van der Waals surface area contributed by atoms with Crippen molar-refractivity contribution in [3.8, 4) is 0 Å². The van der Waals surface area contributed by atoms with Crippen molar-refractivity contribution in [3.05, 3.63) is 41.0 Å². The maximum Gasteiger partial charge on any atom is -0.153 e. The van der Waals surface area contributed by atoms with E-state index in [4.69, 9.17) is 10.2 Å². The second-order valence-electron chi connectivity index (χ2n) is 6.61. The van der Waals surface area contributed by atoms with Gasteiger partial charge in [-0.2, -0.15) is 14.2 Å². The normalized spacial score (nSPS) is 15.8.